The topological polar surface area (TPSA) is 85.1 Å². The lowest BCUT2D eigenvalue weighted by Crippen LogP contribution is -2.26. The normalized spacial score (nSPS) is 9.50. The Morgan fingerprint density at radius 2 is 2.21 bits per heavy atom. The summed E-state index contributed by atoms with van der Waals surface area (Å²) in [5.41, 5.74) is 5.50. The van der Waals surface area contributed by atoms with Gasteiger partial charge in [-0.25, -0.2) is 0 Å². The van der Waals surface area contributed by atoms with Crippen LogP contribution in [0.3, 0.4) is 0 Å². The minimum atomic E-state index is -0.631. The number of carbonyl (C=O) groups excluding carboxylic acids is 2. The van der Waals surface area contributed by atoms with E-state index in [1.807, 2.05) is 0 Å². The molecule has 3 N–H and O–H groups in total. The van der Waals surface area contributed by atoms with Gasteiger partial charge in [0.05, 0.1) is 11.1 Å². The van der Waals surface area contributed by atoms with Crippen LogP contribution >= 0.6 is 0 Å². The molecule has 0 atom stereocenters. The smallest absolute Gasteiger partial charge is 0.253 e. The summed E-state index contributed by atoms with van der Waals surface area (Å²) in [6.45, 7) is 2.28. The Morgan fingerprint density at radius 1 is 1.50 bits per heavy atom. The Hall–Kier alpha value is -1.91. The van der Waals surface area contributed by atoms with Gasteiger partial charge >= 0.3 is 0 Å². The SMILES string of the molecule is CCNC(=O)c1cnccc1C(N)=O. The largest absolute Gasteiger partial charge is 0.366 e. The number of nitrogens with zero attached hydrogens (tertiary/aromatic N) is 1. The number of hydrogen-bond acceptors (Lipinski definition) is 3. The van der Waals surface area contributed by atoms with Crippen molar-refractivity contribution in [3.05, 3.63) is 29.6 Å². The van der Waals surface area contributed by atoms with E-state index in [1.165, 1.54) is 18.5 Å². The number of nitrogens with two attached hydrogens (primary N) is 1. The summed E-state index contributed by atoms with van der Waals surface area (Å²) >= 11 is 0. The second-order valence-electron chi connectivity index (χ2n) is 2.64. The molecule has 0 aliphatic carbocycles. The zero-order valence-electron chi connectivity index (χ0n) is 7.78. The Balaban J connectivity index is 3.07. The van der Waals surface area contributed by atoms with Crippen molar-refractivity contribution >= 4 is 11.8 Å². The van der Waals surface area contributed by atoms with Crippen LogP contribution in [0.1, 0.15) is 27.6 Å². The quantitative estimate of drug-likeness (QED) is 0.704. The van der Waals surface area contributed by atoms with E-state index in [9.17, 15) is 9.59 Å². The molecule has 5 nitrogen and oxygen atoms in total. The fourth-order valence-electron chi connectivity index (χ4n) is 1.05. The molecule has 0 aromatic carbocycles. The predicted molar refractivity (Wildman–Crippen MR) is 50.8 cm³/mol. The average Bonchev–Trinajstić information content (AvgIpc) is 2.18. The predicted octanol–water partition coefficient (Wildman–Crippen LogP) is -0.0698. The van der Waals surface area contributed by atoms with Gasteiger partial charge in [0.25, 0.3) is 5.91 Å². The molecule has 1 aromatic heterocycles. The summed E-state index contributed by atoms with van der Waals surface area (Å²) < 4.78 is 0. The molecule has 14 heavy (non-hydrogen) atoms. The number of hydrogen-bond donors (Lipinski definition) is 2. The lowest BCUT2D eigenvalue weighted by Gasteiger charge is -2.04. The second-order valence-corrected chi connectivity index (χ2v) is 2.64. The zero-order chi connectivity index (χ0) is 10.6. The molecule has 0 bridgehead atoms. The molecule has 0 spiro atoms. The molecule has 0 saturated heterocycles. The maximum atomic E-state index is 11.4. The van der Waals surface area contributed by atoms with E-state index in [2.05, 4.69) is 10.3 Å². The number of amides is 2. The molecule has 1 heterocycles. The third-order valence-electron chi connectivity index (χ3n) is 1.67. The van der Waals surface area contributed by atoms with Gasteiger partial charge in [0.1, 0.15) is 0 Å². The summed E-state index contributed by atoms with van der Waals surface area (Å²) in [6, 6.07) is 1.42. The van der Waals surface area contributed by atoms with Gasteiger partial charge in [0.2, 0.25) is 5.91 Å². The Kier molecular flexibility index (Phi) is 3.17. The summed E-state index contributed by atoms with van der Waals surface area (Å²) in [4.78, 5) is 26.1. The Morgan fingerprint density at radius 3 is 2.79 bits per heavy atom. The van der Waals surface area contributed by atoms with E-state index in [4.69, 9.17) is 5.73 Å². The van der Waals surface area contributed by atoms with Crippen LogP contribution in [0.5, 0.6) is 0 Å². The molecular weight excluding hydrogens is 182 g/mol. The summed E-state index contributed by atoms with van der Waals surface area (Å²) in [7, 11) is 0. The number of primary amides is 1. The van der Waals surface area contributed by atoms with E-state index in [0.717, 1.165) is 0 Å². The number of rotatable bonds is 3. The third-order valence-corrected chi connectivity index (χ3v) is 1.67. The average molecular weight is 193 g/mol. The zero-order valence-corrected chi connectivity index (χ0v) is 7.78. The fraction of sp³-hybridized carbons (Fsp3) is 0.222. The first-order valence-corrected chi connectivity index (χ1v) is 4.18. The van der Waals surface area contributed by atoms with Gasteiger partial charge in [-0.1, -0.05) is 0 Å². The number of carbonyl (C=O) groups is 2. The highest BCUT2D eigenvalue weighted by Crippen LogP contribution is 2.05. The lowest BCUT2D eigenvalue weighted by molar-refractivity contribution is 0.0937. The molecule has 74 valence electrons. The molecule has 0 aliphatic rings. The second kappa shape index (κ2) is 4.36. The van der Waals surface area contributed by atoms with Gasteiger partial charge < -0.3 is 11.1 Å². The van der Waals surface area contributed by atoms with E-state index >= 15 is 0 Å². The summed E-state index contributed by atoms with van der Waals surface area (Å²) in [5, 5.41) is 2.57. The van der Waals surface area contributed by atoms with Gasteiger partial charge in [0.15, 0.2) is 0 Å². The van der Waals surface area contributed by atoms with Crippen molar-refractivity contribution in [2.75, 3.05) is 6.54 Å². The number of pyridine rings is 1. The number of nitrogens with one attached hydrogen (secondary N) is 1. The highest BCUT2D eigenvalue weighted by molar-refractivity contribution is 6.06. The van der Waals surface area contributed by atoms with Gasteiger partial charge in [-0.15, -0.1) is 0 Å². The molecule has 1 aromatic rings. The van der Waals surface area contributed by atoms with E-state index in [-0.39, 0.29) is 17.0 Å². The van der Waals surface area contributed by atoms with Gasteiger partial charge in [-0.3, -0.25) is 14.6 Å². The summed E-state index contributed by atoms with van der Waals surface area (Å²) in [6.07, 6.45) is 2.74. The van der Waals surface area contributed by atoms with E-state index in [0.29, 0.717) is 6.54 Å². The van der Waals surface area contributed by atoms with Gasteiger partial charge in [0, 0.05) is 18.9 Å². The molecule has 0 fully saturated rings. The molecule has 2 amide bonds. The number of aromatic nitrogens is 1. The van der Waals surface area contributed by atoms with E-state index in [1.54, 1.807) is 6.92 Å². The Bertz CT molecular complexity index is 363. The van der Waals surface area contributed by atoms with Crippen molar-refractivity contribution < 1.29 is 9.59 Å². The van der Waals surface area contributed by atoms with Crippen LogP contribution in [-0.4, -0.2) is 23.3 Å². The van der Waals surface area contributed by atoms with Crippen molar-refractivity contribution in [2.45, 2.75) is 6.92 Å². The molecule has 1 rings (SSSR count). The molecule has 0 saturated carbocycles. The molecular formula is C9H11N3O2. The van der Waals surface area contributed by atoms with Crippen molar-refractivity contribution in [3.8, 4) is 0 Å². The highest BCUT2D eigenvalue weighted by atomic mass is 16.2. The molecule has 0 radical (unpaired) electrons. The molecule has 0 aliphatic heterocycles. The van der Waals surface area contributed by atoms with E-state index < -0.39 is 5.91 Å². The first-order valence-electron chi connectivity index (χ1n) is 4.18. The van der Waals surface area contributed by atoms with Crippen LogP contribution in [0.2, 0.25) is 0 Å². The third kappa shape index (κ3) is 2.07. The van der Waals surface area contributed by atoms with Crippen molar-refractivity contribution in [1.82, 2.24) is 10.3 Å². The van der Waals surface area contributed by atoms with Crippen LogP contribution in [-0.2, 0) is 0 Å². The lowest BCUT2D eigenvalue weighted by atomic mass is 10.1. The van der Waals surface area contributed by atoms with Crippen LogP contribution in [0.15, 0.2) is 18.5 Å². The van der Waals surface area contributed by atoms with Crippen LogP contribution in [0.25, 0.3) is 0 Å². The first-order chi connectivity index (χ1) is 6.66. The minimum absolute atomic E-state index is 0.186. The highest BCUT2D eigenvalue weighted by Gasteiger charge is 2.13. The van der Waals surface area contributed by atoms with Crippen molar-refractivity contribution in [3.63, 3.8) is 0 Å². The fourth-order valence-corrected chi connectivity index (χ4v) is 1.05. The first kappa shape index (κ1) is 10.2. The van der Waals surface area contributed by atoms with Crippen LogP contribution in [0.4, 0.5) is 0 Å². The van der Waals surface area contributed by atoms with Crippen LogP contribution < -0.4 is 11.1 Å². The van der Waals surface area contributed by atoms with Crippen LogP contribution in [0, 0.1) is 0 Å². The summed E-state index contributed by atoms with van der Waals surface area (Å²) in [5.74, 6) is -0.969. The maximum absolute atomic E-state index is 11.4. The monoisotopic (exact) mass is 193 g/mol. The van der Waals surface area contributed by atoms with Crippen molar-refractivity contribution in [2.24, 2.45) is 5.73 Å². The van der Waals surface area contributed by atoms with Gasteiger partial charge in [-0.05, 0) is 13.0 Å². The standard InChI is InChI=1S/C9H11N3O2/c1-2-12-9(14)7-5-11-4-3-6(7)8(10)13/h3-5H,2H2,1H3,(H2,10,13)(H,12,14). The van der Waals surface area contributed by atoms with Gasteiger partial charge in [-0.2, -0.15) is 0 Å². The van der Waals surface area contributed by atoms with Crippen molar-refractivity contribution in [1.29, 1.82) is 0 Å². The minimum Gasteiger partial charge on any atom is -0.366 e. The molecule has 5 heteroatoms. The maximum Gasteiger partial charge on any atom is 0.253 e. The Labute approximate surface area is 81.3 Å². The molecule has 0 unspecified atom stereocenters.